The lowest BCUT2D eigenvalue weighted by atomic mass is 10.1. The molecule has 0 spiro atoms. The van der Waals surface area contributed by atoms with Crippen molar-refractivity contribution in [2.75, 3.05) is 13.2 Å². The zero-order valence-electron chi connectivity index (χ0n) is 16.3. The normalized spacial score (nSPS) is 10.8. The first-order valence-electron chi connectivity index (χ1n) is 9.74. The van der Waals surface area contributed by atoms with Gasteiger partial charge in [-0.2, -0.15) is 0 Å². The molecule has 0 aliphatic rings. The molecule has 152 valence electrons. The van der Waals surface area contributed by atoms with Crippen LogP contribution in [-0.2, 0) is 6.42 Å². The molecule has 29 heavy (non-hydrogen) atoms. The number of rotatable bonds is 10. The maximum absolute atomic E-state index is 12.1. The average molecular weight is 396 g/mol. The topological polar surface area (TPSA) is 86.0 Å². The number of carboxylic acids is 1. The fraction of sp³-hybridized carbons (Fsp3) is 0.304. The smallest absolute Gasteiger partial charge is 0.371 e. The summed E-state index contributed by atoms with van der Waals surface area (Å²) in [6.07, 6.45) is 3.87. The van der Waals surface area contributed by atoms with E-state index in [1.165, 1.54) is 5.56 Å². The van der Waals surface area contributed by atoms with Crippen LogP contribution in [0.25, 0.3) is 11.0 Å². The first-order chi connectivity index (χ1) is 14.1. The number of carboxylic acid groups (broad SMARTS) is 1. The second-order valence-corrected chi connectivity index (χ2v) is 6.67. The van der Waals surface area contributed by atoms with Crippen molar-refractivity contribution in [1.29, 1.82) is 0 Å². The second kappa shape index (κ2) is 9.78. The Morgan fingerprint density at radius 1 is 1.00 bits per heavy atom. The SMILES string of the molecule is CCCCc1ccccc1OCCCOc1cccc2c(=O)cc(C(=O)O)oc12. The van der Waals surface area contributed by atoms with Crippen molar-refractivity contribution in [2.24, 2.45) is 0 Å². The van der Waals surface area contributed by atoms with Gasteiger partial charge >= 0.3 is 5.97 Å². The number of aryl methyl sites for hydroxylation is 1. The summed E-state index contributed by atoms with van der Waals surface area (Å²) in [4.78, 5) is 23.2. The minimum absolute atomic E-state index is 0.142. The van der Waals surface area contributed by atoms with Gasteiger partial charge in [-0.05, 0) is 36.6 Å². The number of ether oxygens (including phenoxy) is 2. The van der Waals surface area contributed by atoms with Crippen LogP contribution in [0.2, 0.25) is 0 Å². The average Bonchev–Trinajstić information content (AvgIpc) is 2.73. The Hall–Kier alpha value is -3.28. The van der Waals surface area contributed by atoms with Gasteiger partial charge in [0.1, 0.15) is 5.75 Å². The van der Waals surface area contributed by atoms with E-state index in [0.717, 1.165) is 31.1 Å². The Bertz CT molecular complexity index is 1040. The first kappa shape index (κ1) is 20.5. The number of para-hydroxylation sites is 2. The molecule has 2 aromatic carbocycles. The second-order valence-electron chi connectivity index (χ2n) is 6.67. The maximum Gasteiger partial charge on any atom is 0.371 e. The lowest BCUT2D eigenvalue weighted by Gasteiger charge is -2.12. The number of hydrogen-bond donors (Lipinski definition) is 1. The van der Waals surface area contributed by atoms with E-state index in [9.17, 15) is 9.59 Å². The van der Waals surface area contributed by atoms with E-state index in [4.69, 9.17) is 19.0 Å². The van der Waals surface area contributed by atoms with Gasteiger partial charge in [0.2, 0.25) is 5.76 Å². The number of fused-ring (bicyclic) bond motifs is 1. The summed E-state index contributed by atoms with van der Waals surface area (Å²) in [6, 6.07) is 13.9. The highest BCUT2D eigenvalue weighted by Crippen LogP contribution is 2.25. The van der Waals surface area contributed by atoms with E-state index in [1.54, 1.807) is 18.2 Å². The van der Waals surface area contributed by atoms with Crippen LogP contribution in [0.15, 0.2) is 57.7 Å². The summed E-state index contributed by atoms with van der Waals surface area (Å²) in [5.41, 5.74) is 0.927. The molecule has 6 nitrogen and oxygen atoms in total. The minimum Gasteiger partial charge on any atom is -0.493 e. The molecule has 0 aliphatic carbocycles. The Balaban J connectivity index is 1.61. The first-order valence-corrected chi connectivity index (χ1v) is 9.74. The Labute approximate surface area is 168 Å². The molecule has 0 fully saturated rings. The molecule has 3 rings (SSSR count). The summed E-state index contributed by atoms with van der Waals surface area (Å²) >= 11 is 0. The van der Waals surface area contributed by atoms with Crippen molar-refractivity contribution in [1.82, 2.24) is 0 Å². The quantitative estimate of drug-likeness (QED) is 0.501. The highest BCUT2D eigenvalue weighted by Gasteiger charge is 2.14. The zero-order valence-corrected chi connectivity index (χ0v) is 16.3. The number of hydrogen-bond acceptors (Lipinski definition) is 5. The molecule has 1 heterocycles. The summed E-state index contributed by atoms with van der Waals surface area (Å²) in [5, 5.41) is 9.39. The molecule has 0 unspecified atom stereocenters. The molecule has 0 amide bonds. The van der Waals surface area contributed by atoms with Crippen LogP contribution in [-0.4, -0.2) is 24.3 Å². The molecule has 1 aromatic heterocycles. The predicted molar refractivity (Wildman–Crippen MR) is 110 cm³/mol. The molecule has 0 saturated carbocycles. The largest absolute Gasteiger partial charge is 0.493 e. The summed E-state index contributed by atoms with van der Waals surface area (Å²) < 4.78 is 17.0. The van der Waals surface area contributed by atoms with Crippen molar-refractivity contribution in [3.05, 3.63) is 70.1 Å². The van der Waals surface area contributed by atoms with E-state index in [0.29, 0.717) is 25.4 Å². The van der Waals surface area contributed by atoms with Crippen LogP contribution in [0.4, 0.5) is 0 Å². The van der Waals surface area contributed by atoms with Gasteiger partial charge in [-0.3, -0.25) is 4.79 Å². The zero-order chi connectivity index (χ0) is 20.6. The molecule has 0 radical (unpaired) electrons. The van der Waals surface area contributed by atoms with E-state index in [-0.39, 0.29) is 11.0 Å². The summed E-state index contributed by atoms with van der Waals surface area (Å²) in [5.74, 6) is -0.478. The van der Waals surface area contributed by atoms with Crippen LogP contribution in [0.5, 0.6) is 11.5 Å². The number of aromatic carboxylic acids is 1. The molecular formula is C23H24O6. The van der Waals surface area contributed by atoms with Crippen LogP contribution >= 0.6 is 0 Å². The van der Waals surface area contributed by atoms with Crippen LogP contribution < -0.4 is 14.9 Å². The lowest BCUT2D eigenvalue weighted by molar-refractivity contribution is 0.0663. The fourth-order valence-electron chi connectivity index (χ4n) is 3.01. The van der Waals surface area contributed by atoms with Crippen LogP contribution in [0, 0.1) is 0 Å². The van der Waals surface area contributed by atoms with Crippen molar-refractivity contribution in [2.45, 2.75) is 32.6 Å². The van der Waals surface area contributed by atoms with Gasteiger partial charge in [0.25, 0.3) is 0 Å². The molecule has 1 N–H and O–H groups in total. The molecule has 0 saturated heterocycles. The number of benzene rings is 2. The molecule has 3 aromatic rings. The van der Waals surface area contributed by atoms with Crippen molar-refractivity contribution >= 4 is 16.9 Å². The summed E-state index contributed by atoms with van der Waals surface area (Å²) in [6.45, 7) is 2.99. The third-order valence-electron chi connectivity index (χ3n) is 4.51. The fourth-order valence-corrected chi connectivity index (χ4v) is 3.01. The standard InChI is InChI=1S/C23H24O6/c1-2-3-8-16-9-4-5-11-19(16)27-13-7-14-28-20-12-6-10-17-18(24)15-21(23(25)26)29-22(17)20/h4-6,9-12,15H,2-3,7-8,13-14H2,1H3,(H,25,26). The third-order valence-corrected chi connectivity index (χ3v) is 4.51. The number of unbranched alkanes of at least 4 members (excludes halogenated alkanes) is 1. The van der Waals surface area contributed by atoms with Gasteiger partial charge in [0, 0.05) is 12.5 Å². The van der Waals surface area contributed by atoms with Gasteiger partial charge in [-0.25, -0.2) is 4.79 Å². The van der Waals surface area contributed by atoms with Gasteiger partial charge in [0.15, 0.2) is 16.8 Å². The summed E-state index contributed by atoms with van der Waals surface area (Å²) in [7, 11) is 0. The third kappa shape index (κ3) is 5.16. The van der Waals surface area contributed by atoms with E-state index in [2.05, 4.69) is 13.0 Å². The Kier molecular flexibility index (Phi) is 6.89. The van der Waals surface area contributed by atoms with Crippen molar-refractivity contribution < 1.29 is 23.8 Å². The minimum atomic E-state index is -1.30. The van der Waals surface area contributed by atoms with Gasteiger partial charge in [-0.15, -0.1) is 0 Å². The monoisotopic (exact) mass is 396 g/mol. The number of carbonyl (C=O) groups is 1. The van der Waals surface area contributed by atoms with Crippen LogP contribution in [0.3, 0.4) is 0 Å². The lowest BCUT2D eigenvalue weighted by Crippen LogP contribution is -2.09. The highest BCUT2D eigenvalue weighted by atomic mass is 16.5. The molecule has 6 heteroatoms. The molecule has 0 bridgehead atoms. The highest BCUT2D eigenvalue weighted by molar-refractivity contribution is 5.89. The van der Waals surface area contributed by atoms with Gasteiger partial charge in [-0.1, -0.05) is 37.6 Å². The van der Waals surface area contributed by atoms with Crippen LogP contribution in [0.1, 0.15) is 42.3 Å². The molecule has 0 atom stereocenters. The van der Waals surface area contributed by atoms with Gasteiger partial charge < -0.3 is 19.0 Å². The Morgan fingerprint density at radius 3 is 2.48 bits per heavy atom. The van der Waals surface area contributed by atoms with E-state index >= 15 is 0 Å². The molecular weight excluding hydrogens is 372 g/mol. The predicted octanol–water partition coefficient (Wildman–Crippen LogP) is 4.68. The Morgan fingerprint density at radius 2 is 1.72 bits per heavy atom. The van der Waals surface area contributed by atoms with E-state index < -0.39 is 17.2 Å². The van der Waals surface area contributed by atoms with Gasteiger partial charge in [0.05, 0.1) is 18.6 Å². The maximum atomic E-state index is 12.1. The van der Waals surface area contributed by atoms with Crippen molar-refractivity contribution in [3.63, 3.8) is 0 Å². The van der Waals surface area contributed by atoms with Crippen molar-refractivity contribution in [3.8, 4) is 11.5 Å². The molecule has 0 aliphatic heterocycles. The van der Waals surface area contributed by atoms with E-state index in [1.807, 2.05) is 18.2 Å².